The molecule has 1 fully saturated rings. The molecule has 1 unspecified atom stereocenters. The molecule has 0 aromatic carbocycles. The van der Waals surface area contributed by atoms with Crippen LogP contribution in [0.25, 0.3) is 0 Å². The molecular formula is C16H29NO4. The zero-order chi connectivity index (χ0) is 15.5. The molecule has 0 saturated carbocycles. The first-order valence-corrected chi connectivity index (χ1v) is 8.13. The number of rotatable bonds is 9. The number of unbranched alkanes of at least 4 members (excludes halogenated alkanes) is 2. The average Bonchev–Trinajstić information content (AvgIpc) is 2.48. The van der Waals surface area contributed by atoms with E-state index in [1.54, 1.807) is 0 Å². The zero-order valence-corrected chi connectivity index (χ0v) is 13.4. The van der Waals surface area contributed by atoms with Crippen LogP contribution in [0.3, 0.4) is 0 Å². The maximum atomic E-state index is 11.4. The molecule has 1 atom stereocenters. The maximum absolute atomic E-state index is 11.4. The summed E-state index contributed by atoms with van der Waals surface area (Å²) in [6.45, 7) is 4.36. The van der Waals surface area contributed by atoms with Crippen LogP contribution in [0.1, 0.15) is 58.3 Å². The van der Waals surface area contributed by atoms with Gasteiger partial charge in [-0.15, -0.1) is 0 Å². The summed E-state index contributed by atoms with van der Waals surface area (Å²) in [5.74, 6) is -0.215. The Hall–Kier alpha value is -1.10. The molecule has 122 valence electrons. The number of carbonyl (C=O) groups excluding carboxylic acids is 2. The molecule has 1 aliphatic heterocycles. The highest BCUT2D eigenvalue weighted by atomic mass is 16.5. The predicted octanol–water partition coefficient (Wildman–Crippen LogP) is 2.53. The van der Waals surface area contributed by atoms with Crippen molar-refractivity contribution in [3.63, 3.8) is 0 Å². The van der Waals surface area contributed by atoms with Crippen molar-refractivity contribution in [3.8, 4) is 0 Å². The van der Waals surface area contributed by atoms with Gasteiger partial charge in [-0.3, -0.25) is 14.5 Å². The van der Waals surface area contributed by atoms with Gasteiger partial charge in [0, 0.05) is 12.5 Å². The number of likely N-dealkylation sites (tertiary alicyclic amines) is 1. The largest absolute Gasteiger partial charge is 0.469 e. The number of carbonyl (C=O) groups is 2. The molecule has 0 aromatic heterocycles. The van der Waals surface area contributed by atoms with E-state index in [2.05, 4.69) is 4.90 Å². The molecule has 0 bridgehead atoms. The van der Waals surface area contributed by atoms with Gasteiger partial charge in [0.15, 0.2) is 0 Å². The molecule has 0 aromatic rings. The normalized spacial score (nSPS) is 19.2. The number of hydrogen-bond acceptors (Lipinski definition) is 5. The minimum absolute atomic E-state index is 0.0981. The van der Waals surface area contributed by atoms with Crippen LogP contribution in [-0.4, -0.2) is 49.7 Å². The van der Waals surface area contributed by atoms with E-state index in [9.17, 15) is 9.59 Å². The lowest BCUT2D eigenvalue weighted by Gasteiger charge is -2.35. The molecule has 0 aliphatic carbocycles. The second kappa shape index (κ2) is 10.6. The Bertz CT molecular complexity index is 319. The summed E-state index contributed by atoms with van der Waals surface area (Å²) in [6, 6.07) is 0.330. The lowest BCUT2D eigenvalue weighted by molar-refractivity contribution is -0.144. The third-order valence-corrected chi connectivity index (χ3v) is 4.01. The Labute approximate surface area is 128 Å². The summed E-state index contributed by atoms with van der Waals surface area (Å²) >= 11 is 0. The Kier molecular flexibility index (Phi) is 9.06. The fourth-order valence-electron chi connectivity index (χ4n) is 2.86. The summed E-state index contributed by atoms with van der Waals surface area (Å²) < 4.78 is 9.69. The predicted molar refractivity (Wildman–Crippen MR) is 80.9 cm³/mol. The number of esters is 2. The number of nitrogens with zero attached hydrogens (tertiary/aromatic N) is 1. The number of hydrogen-bond donors (Lipinski definition) is 0. The molecule has 1 rings (SSSR count). The third-order valence-electron chi connectivity index (χ3n) is 4.01. The summed E-state index contributed by atoms with van der Waals surface area (Å²) in [6.07, 6.45) is 7.48. The molecule has 0 N–H and O–H groups in total. The van der Waals surface area contributed by atoms with E-state index in [4.69, 9.17) is 9.47 Å². The van der Waals surface area contributed by atoms with Crippen molar-refractivity contribution in [3.05, 3.63) is 0 Å². The van der Waals surface area contributed by atoms with Gasteiger partial charge in [0.25, 0.3) is 0 Å². The van der Waals surface area contributed by atoms with Crippen LogP contribution in [0, 0.1) is 0 Å². The molecule has 0 spiro atoms. The van der Waals surface area contributed by atoms with Gasteiger partial charge in [0.1, 0.15) is 0 Å². The van der Waals surface area contributed by atoms with Crippen LogP contribution in [0.5, 0.6) is 0 Å². The fourth-order valence-corrected chi connectivity index (χ4v) is 2.86. The van der Waals surface area contributed by atoms with Gasteiger partial charge < -0.3 is 9.47 Å². The van der Waals surface area contributed by atoms with Gasteiger partial charge in [-0.2, -0.15) is 0 Å². The first-order valence-electron chi connectivity index (χ1n) is 8.13. The van der Waals surface area contributed by atoms with Gasteiger partial charge in [-0.1, -0.05) is 12.8 Å². The van der Waals surface area contributed by atoms with Crippen molar-refractivity contribution in [1.29, 1.82) is 0 Å². The van der Waals surface area contributed by atoms with Crippen molar-refractivity contribution in [2.24, 2.45) is 0 Å². The van der Waals surface area contributed by atoms with Crippen LogP contribution < -0.4 is 0 Å². The molecule has 1 saturated heterocycles. The van der Waals surface area contributed by atoms with Crippen molar-refractivity contribution in [2.45, 2.75) is 64.3 Å². The topological polar surface area (TPSA) is 55.8 Å². The Balaban J connectivity index is 2.18. The molecule has 5 nitrogen and oxygen atoms in total. The summed E-state index contributed by atoms with van der Waals surface area (Å²) in [5.41, 5.74) is 0. The van der Waals surface area contributed by atoms with Crippen LogP contribution in [0.4, 0.5) is 0 Å². The van der Waals surface area contributed by atoms with Crippen LogP contribution in [0.15, 0.2) is 0 Å². The molecule has 5 heteroatoms. The maximum Gasteiger partial charge on any atom is 0.307 e. The Morgan fingerprint density at radius 3 is 2.67 bits per heavy atom. The summed E-state index contributed by atoms with van der Waals surface area (Å²) in [7, 11) is 1.45. The monoisotopic (exact) mass is 299 g/mol. The van der Waals surface area contributed by atoms with Gasteiger partial charge in [0.2, 0.25) is 0 Å². The molecule has 1 heterocycles. The van der Waals surface area contributed by atoms with Crippen molar-refractivity contribution >= 4 is 11.9 Å². The van der Waals surface area contributed by atoms with E-state index in [0.29, 0.717) is 25.5 Å². The lowest BCUT2D eigenvalue weighted by Crippen LogP contribution is -2.41. The fraction of sp³-hybridized carbons (Fsp3) is 0.875. The molecular weight excluding hydrogens is 270 g/mol. The number of methoxy groups -OCH3 is 1. The SMILES string of the molecule is CCOC(=O)CCCCCN1CCCCC1CC(=O)OC. The highest BCUT2D eigenvalue weighted by molar-refractivity contribution is 5.70. The molecule has 21 heavy (non-hydrogen) atoms. The van der Waals surface area contributed by atoms with E-state index >= 15 is 0 Å². The standard InChI is InChI=1S/C16H29NO4/c1-3-21-15(18)10-5-4-7-11-17-12-8-6-9-14(17)13-16(19)20-2/h14H,3-13H2,1-2H3. The van der Waals surface area contributed by atoms with Gasteiger partial charge >= 0.3 is 11.9 Å². The second-order valence-electron chi connectivity index (χ2n) is 5.58. The number of ether oxygens (including phenoxy) is 2. The third kappa shape index (κ3) is 7.46. The van der Waals surface area contributed by atoms with Crippen LogP contribution in [0.2, 0.25) is 0 Å². The van der Waals surface area contributed by atoms with E-state index in [1.165, 1.54) is 20.0 Å². The van der Waals surface area contributed by atoms with Crippen molar-refractivity contribution in [2.75, 3.05) is 26.8 Å². The minimum Gasteiger partial charge on any atom is -0.469 e. The highest BCUT2D eigenvalue weighted by Crippen LogP contribution is 2.20. The minimum atomic E-state index is -0.116. The Morgan fingerprint density at radius 2 is 1.95 bits per heavy atom. The smallest absolute Gasteiger partial charge is 0.307 e. The number of piperidine rings is 1. The first-order chi connectivity index (χ1) is 10.2. The Morgan fingerprint density at radius 1 is 1.14 bits per heavy atom. The van der Waals surface area contributed by atoms with Crippen LogP contribution >= 0.6 is 0 Å². The lowest BCUT2D eigenvalue weighted by atomic mass is 9.99. The highest BCUT2D eigenvalue weighted by Gasteiger charge is 2.24. The van der Waals surface area contributed by atoms with E-state index in [1.807, 2.05) is 6.92 Å². The summed E-state index contributed by atoms with van der Waals surface area (Å²) in [4.78, 5) is 25.1. The molecule has 0 radical (unpaired) electrons. The van der Waals surface area contributed by atoms with Gasteiger partial charge in [0.05, 0.1) is 20.1 Å². The average molecular weight is 299 g/mol. The van der Waals surface area contributed by atoms with Crippen molar-refractivity contribution in [1.82, 2.24) is 4.90 Å². The summed E-state index contributed by atoms with van der Waals surface area (Å²) in [5, 5.41) is 0. The zero-order valence-electron chi connectivity index (χ0n) is 13.4. The first kappa shape index (κ1) is 18.0. The van der Waals surface area contributed by atoms with Gasteiger partial charge in [-0.25, -0.2) is 0 Å². The quantitative estimate of drug-likeness (QED) is 0.484. The van der Waals surface area contributed by atoms with Crippen molar-refractivity contribution < 1.29 is 19.1 Å². The van der Waals surface area contributed by atoms with E-state index in [-0.39, 0.29) is 11.9 Å². The van der Waals surface area contributed by atoms with Crippen LogP contribution in [-0.2, 0) is 19.1 Å². The second-order valence-corrected chi connectivity index (χ2v) is 5.58. The molecule has 0 amide bonds. The van der Waals surface area contributed by atoms with E-state index < -0.39 is 0 Å². The van der Waals surface area contributed by atoms with E-state index in [0.717, 1.165) is 38.8 Å². The van der Waals surface area contributed by atoms with Gasteiger partial charge in [-0.05, 0) is 45.7 Å². The molecule has 1 aliphatic rings.